The predicted octanol–water partition coefficient (Wildman–Crippen LogP) is 3.30. The topological polar surface area (TPSA) is 42.0 Å². The van der Waals surface area contributed by atoms with Crippen molar-refractivity contribution in [1.82, 2.24) is 4.98 Å². The highest BCUT2D eigenvalue weighted by atomic mass is 79.9. The van der Waals surface area contributed by atoms with Gasteiger partial charge in [0.15, 0.2) is 5.13 Å². The lowest BCUT2D eigenvalue weighted by Crippen LogP contribution is -2.14. The van der Waals surface area contributed by atoms with E-state index in [0.717, 1.165) is 0 Å². The van der Waals surface area contributed by atoms with Crippen molar-refractivity contribution >= 4 is 38.3 Å². The van der Waals surface area contributed by atoms with Gasteiger partial charge in [-0.2, -0.15) is 0 Å². The molecule has 0 aliphatic carbocycles. The minimum absolute atomic E-state index is 0.0160. The van der Waals surface area contributed by atoms with Gasteiger partial charge in [0.1, 0.15) is 5.82 Å². The van der Waals surface area contributed by atoms with Crippen molar-refractivity contribution < 1.29 is 9.18 Å². The lowest BCUT2D eigenvalue weighted by molar-refractivity contribution is 0.102. The molecular formula is C10H6BrFN2OS. The first-order valence-corrected chi connectivity index (χ1v) is 6.00. The molecule has 2 rings (SSSR count). The molecule has 1 N–H and O–H groups in total. The number of hydrogen-bond acceptors (Lipinski definition) is 3. The van der Waals surface area contributed by atoms with E-state index in [-0.39, 0.29) is 5.56 Å². The Balaban J connectivity index is 2.28. The van der Waals surface area contributed by atoms with E-state index in [1.165, 1.54) is 23.5 Å². The van der Waals surface area contributed by atoms with Gasteiger partial charge in [-0.05, 0) is 28.1 Å². The molecule has 6 heteroatoms. The van der Waals surface area contributed by atoms with Crippen LogP contribution in [0.15, 0.2) is 34.2 Å². The fourth-order valence-corrected chi connectivity index (χ4v) is 2.21. The number of amides is 1. The summed E-state index contributed by atoms with van der Waals surface area (Å²) in [6, 6.07) is 4.38. The summed E-state index contributed by atoms with van der Waals surface area (Å²) in [7, 11) is 0. The molecule has 0 unspecified atom stereocenters. The van der Waals surface area contributed by atoms with Gasteiger partial charge in [0, 0.05) is 16.0 Å². The van der Waals surface area contributed by atoms with Crippen molar-refractivity contribution in [1.29, 1.82) is 0 Å². The van der Waals surface area contributed by atoms with E-state index in [1.807, 2.05) is 0 Å². The number of rotatable bonds is 2. The molecule has 0 bridgehead atoms. The Kier molecular flexibility index (Phi) is 3.31. The van der Waals surface area contributed by atoms with Crippen LogP contribution in [-0.4, -0.2) is 10.9 Å². The standard InChI is InChI=1S/C10H6BrFN2OS/c11-6-2-1-3-7(12)8(6)9(15)14-10-13-4-5-16-10/h1-5H,(H,13,14,15). The van der Waals surface area contributed by atoms with Gasteiger partial charge in [-0.1, -0.05) is 6.07 Å². The van der Waals surface area contributed by atoms with Crippen LogP contribution in [0.2, 0.25) is 0 Å². The molecule has 1 heterocycles. The van der Waals surface area contributed by atoms with Gasteiger partial charge < -0.3 is 0 Å². The summed E-state index contributed by atoms with van der Waals surface area (Å²) in [5.74, 6) is -1.08. The molecule has 0 radical (unpaired) electrons. The first kappa shape index (κ1) is 11.2. The maximum atomic E-state index is 13.4. The van der Waals surface area contributed by atoms with E-state index in [2.05, 4.69) is 26.2 Å². The average Bonchev–Trinajstić information content (AvgIpc) is 2.70. The molecule has 3 nitrogen and oxygen atoms in total. The second-order valence-corrected chi connectivity index (χ2v) is 4.64. The van der Waals surface area contributed by atoms with Gasteiger partial charge in [-0.25, -0.2) is 9.37 Å². The lowest BCUT2D eigenvalue weighted by Gasteiger charge is -2.04. The Morgan fingerprint density at radius 2 is 2.31 bits per heavy atom. The fraction of sp³-hybridized carbons (Fsp3) is 0. The molecule has 0 fully saturated rings. The molecule has 1 aromatic heterocycles. The number of nitrogens with zero attached hydrogens (tertiary/aromatic N) is 1. The van der Waals surface area contributed by atoms with Crippen molar-refractivity contribution in [2.45, 2.75) is 0 Å². The first-order valence-electron chi connectivity index (χ1n) is 4.33. The number of carbonyl (C=O) groups is 1. The van der Waals surface area contributed by atoms with Crippen molar-refractivity contribution in [2.24, 2.45) is 0 Å². The molecule has 0 atom stereocenters. The number of carbonyl (C=O) groups excluding carboxylic acids is 1. The van der Waals surface area contributed by atoms with Crippen molar-refractivity contribution in [3.8, 4) is 0 Å². The van der Waals surface area contributed by atoms with Crippen LogP contribution in [0.1, 0.15) is 10.4 Å². The molecule has 0 aliphatic heterocycles. The smallest absolute Gasteiger partial charge is 0.261 e. The molecule has 0 saturated heterocycles. The van der Waals surface area contributed by atoms with E-state index in [0.29, 0.717) is 9.60 Å². The Morgan fingerprint density at radius 1 is 1.50 bits per heavy atom. The summed E-state index contributed by atoms with van der Waals surface area (Å²) >= 11 is 4.41. The Bertz CT molecular complexity index is 495. The molecule has 0 spiro atoms. The van der Waals surface area contributed by atoms with Gasteiger partial charge in [0.05, 0.1) is 5.56 Å². The number of anilines is 1. The third-order valence-corrected chi connectivity index (χ3v) is 3.19. The molecule has 82 valence electrons. The third-order valence-electron chi connectivity index (χ3n) is 1.84. The van der Waals surface area contributed by atoms with Crippen LogP contribution < -0.4 is 5.32 Å². The highest BCUT2D eigenvalue weighted by molar-refractivity contribution is 9.10. The van der Waals surface area contributed by atoms with Crippen LogP contribution in [0.5, 0.6) is 0 Å². The summed E-state index contributed by atoms with van der Waals surface area (Å²) in [5.41, 5.74) is -0.0160. The Hall–Kier alpha value is -1.27. The van der Waals surface area contributed by atoms with Gasteiger partial charge in [0.25, 0.3) is 5.91 Å². The van der Waals surface area contributed by atoms with E-state index in [1.54, 1.807) is 17.6 Å². The first-order chi connectivity index (χ1) is 7.68. The van der Waals surface area contributed by atoms with Crippen molar-refractivity contribution in [3.63, 3.8) is 0 Å². The molecular weight excluding hydrogens is 295 g/mol. The largest absolute Gasteiger partial charge is 0.298 e. The average molecular weight is 301 g/mol. The van der Waals surface area contributed by atoms with Crippen LogP contribution in [0.3, 0.4) is 0 Å². The fourth-order valence-electron chi connectivity index (χ4n) is 1.16. The molecule has 1 aromatic carbocycles. The number of aromatic nitrogens is 1. The second kappa shape index (κ2) is 4.71. The maximum absolute atomic E-state index is 13.4. The van der Waals surface area contributed by atoms with Crippen molar-refractivity contribution in [3.05, 3.63) is 45.6 Å². The maximum Gasteiger partial charge on any atom is 0.261 e. The molecule has 0 aliphatic rings. The SMILES string of the molecule is O=C(Nc1nccs1)c1c(F)cccc1Br. The summed E-state index contributed by atoms with van der Waals surface area (Å²) in [5, 5.41) is 4.69. The highest BCUT2D eigenvalue weighted by Crippen LogP contribution is 2.21. The van der Waals surface area contributed by atoms with Gasteiger partial charge >= 0.3 is 0 Å². The van der Waals surface area contributed by atoms with Crippen LogP contribution >= 0.6 is 27.3 Å². The van der Waals surface area contributed by atoms with Crippen molar-refractivity contribution in [2.75, 3.05) is 5.32 Å². The summed E-state index contributed by atoms with van der Waals surface area (Å²) in [6.45, 7) is 0. The zero-order valence-electron chi connectivity index (χ0n) is 7.91. The Morgan fingerprint density at radius 3 is 2.94 bits per heavy atom. The van der Waals surface area contributed by atoms with Gasteiger partial charge in [-0.3, -0.25) is 10.1 Å². The minimum atomic E-state index is -0.566. The van der Waals surface area contributed by atoms with Gasteiger partial charge in [-0.15, -0.1) is 11.3 Å². The minimum Gasteiger partial charge on any atom is -0.298 e. The summed E-state index contributed by atoms with van der Waals surface area (Å²) in [6.07, 6.45) is 1.57. The highest BCUT2D eigenvalue weighted by Gasteiger charge is 2.15. The van der Waals surface area contributed by atoms with Gasteiger partial charge in [0.2, 0.25) is 0 Å². The van der Waals surface area contributed by atoms with Crippen LogP contribution in [-0.2, 0) is 0 Å². The third kappa shape index (κ3) is 2.28. The normalized spacial score (nSPS) is 10.1. The van der Waals surface area contributed by atoms with E-state index >= 15 is 0 Å². The quantitative estimate of drug-likeness (QED) is 0.924. The van der Waals surface area contributed by atoms with E-state index < -0.39 is 11.7 Å². The van der Waals surface area contributed by atoms with E-state index in [9.17, 15) is 9.18 Å². The number of thiazole rings is 1. The van der Waals surface area contributed by atoms with Crippen LogP contribution in [0.25, 0.3) is 0 Å². The lowest BCUT2D eigenvalue weighted by atomic mass is 10.2. The summed E-state index contributed by atoms with van der Waals surface area (Å²) in [4.78, 5) is 15.6. The molecule has 16 heavy (non-hydrogen) atoms. The number of hydrogen-bond donors (Lipinski definition) is 1. The van der Waals surface area contributed by atoms with Crippen LogP contribution in [0.4, 0.5) is 9.52 Å². The zero-order chi connectivity index (χ0) is 11.5. The number of benzene rings is 1. The predicted molar refractivity (Wildman–Crippen MR) is 64.2 cm³/mol. The Labute approximate surface area is 103 Å². The summed E-state index contributed by atoms with van der Waals surface area (Å²) < 4.78 is 13.8. The molecule has 0 saturated carbocycles. The van der Waals surface area contributed by atoms with Crippen LogP contribution in [0, 0.1) is 5.82 Å². The molecule has 2 aromatic rings. The number of halogens is 2. The zero-order valence-corrected chi connectivity index (χ0v) is 10.3. The van der Waals surface area contributed by atoms with E-state index in [4.69, 9.17) is 0 Å². The monoisotopic (exact) mass is 300 g/mol. The number of nitrogens with one attached hydrogen (secondary N) is 1. The second-order valence-electron chi connectivity index (χ2n) is 2.89. The molecule has 1 amide bonds.